The largest absolute Gasteiger partial charge is 0.478 e. The molecular weight excluding hydrogens is 186 g/mol. The van der Waals surface area contributed by atoms with Gasteiger partial charge in [-0.2, -0.15) is 0 Å². The van der Waals surface area contributed by atoms with Crippen molar-refractivity contribution in [3.63, 3.8) is 0 Å². The van der Waals surface area contributed by atoms with E-state index >= 15 is 0 Å². The Labute approximate surface area is 81.6 Å². The molecule has 14 heavy (non-hydrogen) atoms. The minimum Gasteiger partial charge on any atom is -0.478 e. The molecule has 0 amide bonds. The minimum absolute atomic E-state index is 0.114. The van der Waals surface area contributed by atoms with Gasteiger partial charge in [0.1, 0.15) is 5.70 Å². The van der Waals surface area contributed by atoms with Crippen molar-refractivity contribution in [2.45, 2.75) is 19.3 Å². The van der Waals surface area contributed by atoms with Gasteiger partial charge < -0.3 is 15.1 Å². The lowest BCUT2D eigenvalue weighted by molar-refractivity contribution is -0.136. The number of carboxylic acid groups (broad SMARTS) is 2. The van der Waals surface area contributed by atoms with E-state index in [9.17, 15) is 9.59 Å². The number of likely N-dealkylation sites (tertiary alicyclic amines) is 1. The smallest absolute Gasteiger partial charge is 0.352 e. The first-order valence-electron chi connectivity index (χ1n) is 4.54. The Morgan fingerprint density at radius 3 is 2.07 bits per heavy atom. The standard InChI is InChI=1S/C9H13NO4/c11-8(12)6-7(9(13)14)10-4-2-1-3-5-10/h6H,1-5H2,(H,11,12)(H,13,14)/b7-6+. The molecule has 0 aromatic carbocycles. The van der Waals surface area contributed by atoms with Crippen LogP contribution in [-0.2, 0) is 9.59 Å². The van der Waals surface area contributed by atoms with E-state index in [1.807, 2.05) is 0 Å². The molecule has 0 saturated carbocycles. The highest BCUT2D eigenvalue weighted by Crippen LogP contribution is 2.14. The third-order valence-corrected chi connectivity index (χ3v) is 2.18. The summed E-state index contributed by atoms with van der Waals surface area (Å²) in [7, 11) is 0. The normalized spacial score (nSPS) is 18.0. The number of aliphatic carboxylic acids is 2. The molecular formula is C9H13NO4. The maximum atomic E-state index is 10.8. The molecule has 78 valence electrons. The molecule has 1 aliphatic rings. The Bertz CT molecular complexity index is 266. The first-order chi connectivity index (χ1) is 6.61. The predicted molar refractivity (Wildman–Crippen MR) is 48.8 cm³/mol. The molecule has 5 heteroatoms. The quantitative estimate of drug-likeness (QED) is 0.648. The summed E-state index contributed by atoms with van der Waals surface area (Å²) >= 11 is 0. The van der Waals surface area contributed by atoms with E-state index in [0.717, 1.165) is 25.3 Å². The van der Waals surface area contributed by atoms with Gasteiger partial charge in [-0.3, -0.25) is 0 Å². The summed E-state index contributed by atoms with van der Waals surface area (Å²) in [6.45, 7) is 1.26. The summed E-state index contributed by atoms with van der Waals surface area (Å²) in [5, 5.41) is 17.3. The zero-order chi connectivity index (χ0) is 10.6. The van der Waals surface area contributed by atoms with Crippen LogP contribution in [0.2, 0.25) is 0 Å². The van der Waals surface area contributed by atoms with Crippen LogP contribution >= 0.6 is 0 Å². The fraction of sp³-hybridized carbons (Fsp3) is 0.556. The zero-order valence-electron chi connectivity index (χ0n) is 7.77. The Hall–Kier alpha value is -1.52. The molecule has 0 spiro atoms. The maximum absolute atomic E-state index is 10.8. The second kappa shape index (κ2) is 4.64. The van der Waals surface area contributed by atoms with Crippen LogP contribution in [0.5, 0.6) is 0 Å². The molecule has 0 radical (unpaired) electrons. The molecule has 2 N–H and O–H groups in total. The van der Waals surface area contributed by atoms with Crippen molar-refractivity contribution >= 4 is 11.9 Å². The number of nitrogens with zero attached hydrogens (tertiary/aromatic N) is 1. The molecule has 1 rings (SSSR count). The van der Waals surface area contributed by atoms with Crippen molar-refractivity contribution in [2.75, 3.05) is 13.1 Å². The van der Waals surface area contributed by atoms with E-state index in [2.05, 4.69) is 0 Å². The van der Waals surface area contributed by atoms with Crippen molar-refractivity contribution < 1.29 is 19.8 Å². The number of piperidine rings is 1. The number of carboxylic acids is 2. The van der Waals surface area contributed by atoms with E-state index in [4.69, 9.17) is 10.2 Å². The van der Waals surface area contributed by atoms with Crippen molar-refractivity contribution in [2.24, 2.45) is 0 Å². The van der Waals surface area contributed by atoms with Gasteiger partial charge in [-0.05, 0) is 19.3 Å². The van der Waals surface area contributed by atoms with Crippen molar-refractivity contribution in [3.05, 3.63) is 11.8 Å². The van der Waals surface area contributed by atoms with Crippen LogP contribution in [-0.4, -0.2) is 40.1 Å². The third kappa shape index (κ3) is 2.76. The number of hydrogen-bond donors (Lipinski definition) is 2. The highest BCUT2D eigenvalue weighted by Gasteiger charge is 2.19. The lowest BCUT2D eigenvalue weighted by Crippen LogP contribution is -2.33. The van der Waals surface area contributed by atoms with Gasteiger partial charge in [-0.1, -0.05) is 0 Å². The summed E-state index contributed by atoms with van der Waals surface area (Å²) < 4.78 is 0. The van der Waals surface area contributed by atoms with Gasteiger partial charge in [0.2, 0.25) is 0 Å². The van der Waals surface area contributed by atoms with E-state index in [1.54, 1.807) is 4.90 Å². The molecule has 0 aromatic rings. The Balaban J connectivity index is 2.76. The molecule has 0 atom stereocenters. The highest BCUT2D eigenvalue weighted by molar-refractivity contribution is 5.94. The average Bonchev–Trinajstić information content (AvgIpc) is 2.15. The average molecular weight is 199 g/mol. The molecule has 1 heterocycles. The van der Waals surface area contributed by atoms with Gasteiger partial charge in [-0.15, -0.1) is 0 Å². The first kappa shape index (κ1) is 10.6. The summed E-state index contributed by atoms with van der Waals surface area (Å²) in [5.74, 6) is -2.39. The van der Waals surface area contributed by atoms with E-state index in [1.165, 1.54) is 0 Å². The van der Waals surface area contributed by atoms with Gasteiger partial charge in [0, 0.05) is 13.1 Å². The Kier molecular flexibility index (Phi) is 3.50. The van der Waals surface area contributed by atoms with Crippen LogP contribution in [0, 0.1) is 0 Å². The first-order valence-corrected chi connectivity index (χ1v) is 4.54. The summed E-state index contributed by atoms with van der Waals surface area (Å²) in [5.41, 5.74) is -0.114. The van der Waals surface area contributed by atoms with Crippen molar-refractivity contribution in [3.8, 4) is 0 Å². The lowest BCUT2D eigenvalue weighted by atomic mass is 10.1. The molecule has 0 unspecified atom stereocenters. The predicted octanol–water partition coefficient (Wildman–Crippen LogP) is 0.525. The molecule has 0 aromatic heterocycles. The molecule has 1 fully saturated rings. The second-order valence-corrected chi connectivity index (χ2v) is 3.22. The molecule has 1 saturated heterocycles. The molecule has 0 bridgehead atoms. The van der Waals surface area contributed by atoms with Crippen LogP contribution in [0.1, 0.15) is 19.3 Å². The summed E-state index contributed by atoms with van der Waals surface area (Å²) in [6.07, 6.45) is 3.68. The fourth-order valence-electron chi connectivity index (χ4n) is 1.54. The van der Waals surface area contributed by atoms with Crippen LogP contribution in [0.4, 0.5) is 0 Å². The summed E-state index contributed by atoms with van der Waals surface area (Å²) in [4.78, 5) is 22.8. The van der Waals surface area contributed by atoms with Crippen molar-refractivity contribution in [1.82, 2.24) is 4.90 Å². The van der Waals surface area contributed by atoms with Crippen molar-refractivity contribution in [1.29, 1.82) is 0 Å². The second-order valence-electron chi connectivity index (χ2n) is 3.22. The SMILES string of the molecule is O=C(O)/C=C(\C(=O)O)N1CCCCC1. The Morgan fingerprint density at radius 1 is 1.07 bits per heavy atom. The summed E-state index contributed by atoms with van der Waals surface area (Å²) in [6, 6.07) is 0. The van der Waals surface area contributed by atoms with E-state index in [0.29, 0.717) is 13.1 Å². The van der Waals surface area contributed by atoms with Crippen LogP contribution < -0.4 is 0 Å². The van der Waals surface area contributed by atoms with E-state index in [-0.39, 0.29) is 5.70 Å². The molecule has 1 aliphatic heterocycles. The fourth-order valence-corrected chi connectivity index (χ4v) is 1.54. The number of rotatable bonds is 3. The maximum Gasteiger partial charge on any atom is 0.352 e. The van der Waals surface area contributed by atoms with Crippen LogP contribution in [0.25, 0.3) is 0 Å². The monoisotopic (exact) mass is 199 g/mol. The molecule has 0 aliphatic carbocycles. The Morgan fingerprint density at radius 2 is 1.64 bits per heavy atom. The van der Waals surface area contributed by atoms with Gasteiger partial charge in [0.25, 0.3) is 0 Å². The van der Waals surface area contributed by atoms with Gasteiger partial charge >= 0.3 is 11.9 Å². The topological polar surface area (TPSA) is 77.8 Å². The van der Waals surface area contributed by atoms with Crippen LogP contribution in [0.15, 0.2) is 11.8 Å². The third-order valence-electron chi connectivity index (χ3n) is 2.18. The van der Waals surface area contributed by atoms with Gasteiger partial charge in [0.15, 0.2) is 0 Å². The number of hydrogen-bond acceptors (Lipinski definition) is 3. The van der Waals surface area contributed by atoms with Gasteiger partial charge in [0.05, 0.1) is 6.08 Å². The van der Waals surface area contributed by atoms with E-state index < -0.39 is 11.9 Å². The molecule has 5 nitrogen and oxygen atoms in total. The number of carbonyl (C=O) groups is 2. The van der Waals surface area contributed by atoms with Gasteiger partial charge in [-0.25, -0.2) is 9.59 Å². The zero-order valence-corrected chi connectivity index (χ0v) is 7.77. The minimum atomic E-state index is -1.21. The lowest BCUT2D eigenvalue weighted by Gasteiger charge is -2.28. The van der Waals surface area contributed by atoms with Crippen LogP contribution in [0.3, 0.4) is 0 Å². The highest BCUT2D eigenvalue weighted by atomic mass is 16.4.